The minimum absolute atomic E-state index is 0.0128. The van der Waals surface area contributed by atoms with Gasteiger partial charge in [-0.05, 0) is 57.8 Å². The van der Waals surface area contributed by atoms with Crippen molar-refractivity contribution in [3.05, 3.63) is 23.4 Å². The number of esters is 1. The highest BCUT2D eigenvalue weighted by Gasteiger charge is 2.53. The summed E-state index contributed by atoms with van der Waals surface area (Å²) in [5.74, 6) is 1.23. The van der Waals surface area contributed by atoms with Crippen molar-refractivity contribution < 1.29 is 19.1 Å². The lowest BCUT2D eigenvalue weighted by atomic mass is 9.69. The quantitative estimate of drug-likeness (QED) is 0.424. The van der Waals surface area contributed by atoms with Crippen LogP contribution in [-0.2, 0) is 19.1 Å². The van der Waals surface area contributed by atoms with Gasteiger partial charge in [0.25, 0.3) is 0 Å². The van der Waals surface area contributed by atoms with E-state index in [4.69, 9.17) is 4.74 Å². The molecule has 2 amide bonds. The van der Waals surface area contributed by atoms with Gasteiger partial charge in [0.15, 0.2) is 0 Å². The van der Waals surface area contributed by atoms with Crippen molar-refractivity contribution in [2.75, 3.05) is 38.2 Å². The van der Waals surface area contributed by atoms with Crippen LogP contribution in [0.3, 0.4) is 0 Å². The summed E-state index contributed by atoms with van der Waals surface area (Å²) in [5.41, 5.74) is 1.44. The molecular formula is C26H38N2O4S. The second kappa shape index (κ2) is 11.1. The molecule has 4 aliphatic rings. The summed E-state index contributed by atoms with van der Waals surface area (Å²) in [6, 6.07) is 0. The monoisotopic (exact) mass is 474 g/mol. The highest BCUT2D eigenvalue weighted by atomic mass is 32.2. The van der Waals surface area contributed by atoms with Gasteiger partial charge in [0.1, 0.15) is 5.41 Å². The third kappa shape index (κ3) is 5.33. The zero-order valence-electron chi connectivity index (χ0n) is 20.0. The van der Waals surface area contributed by atoms with Gasteiger partial charge >= 0.3 is 5.97 Å². The Hall–Kier alpha value is -1.76. The molecule has 2 atom stereocenters. The van der Waals surface area contributed by atoms with Crippen LogP contribution in [0.2, 0.25) is 0 Å². The number of fused-ring (bicyclic) bond motifs is 1. The van der Waals surface area contributed by atoms with E-state index in [0.29, 0.717) is 19.4 Å². The Balaban J connectivity index is 1.60. The van der Waals surface area contributed by atoms with Gasteiger partial charge in [0, 0.05) is 49.2 Å². The molecule has 182 valence electrons. The first-order chi connectivity index (χ1) is 16.0. The van der Waals surface area contributed by atoms with E-state index in [9.17, 15) is 14.4 Å². The van der Waals surface area contributed by atoms with Gasteiger partial charge in [-0.3, -0.25) is 14.4 Å². The summed E-state index contributed by atoms with van der Waals surface area (Å²) in [5, 5.41) is 0. The predicted molar refractivity (Wildman–Crippen MR) is 131 cm³/mol. The van der Waals surface area contributed by atoms with Crippen molar-refractivity contribution in [3.63, 3.8) is 0 Å². The van der Waals surface area contributed by atoms with E-state index in [1.165, 1.54) is 25.5 Å². The second-order valence-electron chi connectivity index (χ2n) is 9.86. The van der Waals surface area contributed by atoms with Crippen molar-refractivity contribution in [2.45, 2.75) is 70.6 Å². The van der Waals surface area contributed by atoms with E-state index < -0.39 is 11.3 Å². The number of piperidine rings is 1. The maximum absolute atomic E-state index is 13.8. The Morgan fingerprint density at radius 2 is 1.88 bits per heavy atom. The smallest absolute Gasteiger partial charge is 0.317 e. The average molecular weight is 475 g/mol. The standard InChI is InChI=1S/C26H38N2O4S/c1-32-25(31)26-12-7-3-6-10-22(26)28(13-11-20-8-4-2-5-9-20)24(30)21(19-26)18-23(29)27-14-16-33-17-15-27/h8,10,21H,2-7,9,11-19H2,1H3/t21-,26+/m1/s1. The molecule has 0 aromatic rings. The number of allylic oxidation sites excluding steroid dienone is 2. The maximum atomic E-state index is 13.8. The van der Waals surface area contributed by atoms with Crippen LogP contribution in [0.1, 0.15) is 70.6 Å². The lowest BCUT2D eigenvalue weighted by Crippen LogP contribution is -2.53. The van der Waals surface area contributed by atoms with E-state index in [1.54, 1.807) is 0 Å². The van der Waals surface area contributed by atoms with Gasteiger partial charge in [0.05, 0.1) is 7.11 Å². The molecular weight excluding hydrogens is 436 g/mol. The summed E-state index contributed by atoms with van der Waals surface area (Å²) in [4.78, 5) is 43.9. The average Bonchev–Trinajstić information content (AvgIpc) is 3.08. The third-order valence-corrected chi connectivity index (χ3v) is 8.73. The summed E-state index contributed by atoms with van der Waals surface area (Å²) in [6.45, 7) is 2.07. The zero-order valence-corrected chi connectivity index (χ0v) is 20.8. The first kappa shape index (κ1) is 24.4. The van der Waals surface area contributed by atoms with Crippen molar-refractivity contribution in [2.24, 2.45) is 11.3 Å². The Kier molecular flexibility index (Phi) is 8.20. The minimum Gasteiger partial charge on any atom is -0.468 e. The van der Waals surface area contributed by atoms with Crippen LogP contribution in [-0.4, -0.2) is 65.8 Å². The van der Waals surface area contributed by atoms with E-state index in [0.717, 1.165) is 68.8 Å². The first-order valence-electron chi connectivity index (χ1n) is 12.7. The minimum atomic E-state index is -0.817. The topological polar surface area (TPSA) is 66.9 Å². The molecule has 0 N–H and O–H groups in total. The van der Waals surface area contributed by atoms with E-state index >= 15 is 0 Å². The number of hydrogen-bond donors (Lipinski definition) is 0. The van der Waals surface area contributed by atoms with Crippen molar-refractivity contribution in [1.29, 1.82) is 0 Å². The van der Waals surface area contributed by atoms with Gasteiger partial charge < -0.3 is 14.5 Å². The largest absolute Gasteiger partial charge is 0.468 e. The van der Waals surface area contributed by atoms with Crippen LogP contribution in [0.5, 0.6) is 0 Å². The van der Waals surface area contributed by atoms with E-state index in [-0.39, 0.29) is 24.2 Å². The second-order valence-corrected chi connectivity index (χ2v) is 11.1. The van der Waals surface area contributed by atoms with E-state index in [1.807, 2.05) is 21.6 Å². The summed E-state index contributed by atoms with van der Waals surface area (Å²) >= 11 is 1.86. The van der Waals surface area contributed by atoms with Gasteiger partial charge in [-0.1, -0.05) is 24.1 Å². The Morgan fingerprint density at radius 3 is 2.61 bits per heavy atom. The summed E-state index contributed by atoms with van der Waals surface area (Å²) in [7, 11) is 1.44. The zero-order chi connectivity index (χ0) is 23.3. The van der Waals surface area contributed by atoms with Gasteiger partial charge in [-0.2, -0.15) is 11.8 Å². The molecule has 0 saturated carbocycles. The van der Waals surface area contributed by atoms with Crippen molar-refractivity contribution in [3.8, 4) is 0 Å². The number of thioether (sulfide) groups is 1. The molecule has 4 rings (SSSR count). The van der Waals surface area contributed by atoms with Crippen molar-refractivity contribution >= 4 is 29.5 Å². The maximum Gasteiger partial charge on any atom is 0.317 e. The summed E-state index contributed by atoms with van der Waals surface area (Å²) < 4.78 is 5.33. The first-order valence-corrected chi connectivity index (χ1v) is 13.8. The molecule has 33 heavy (non-hydrogen) atoms. The Morgan fingerprint density at radius 1 is 1.12 bits per heavy atom. The van der Waals surface area contributed by atoms with Crippen LogP contribution in [0.25, 0.3) is 0 Å². The number of hydrogen-bond acceptors (Lipinski definition) is 5. The lowest BCUT2D eigenvalue weighted by molar-refractivity contribution is -0.160. The molecule has 0 unspecified atom stereocenters. The number of carbonyl (C=O) groups excluding carboxylic acids is 3. The Labute approximate surface area is 202 Å². The molecule has 0 radical (unpaired) electrons. The van der Waals surface area contributed by atoms with Crippen molar-refractivity contribution in [1.82, 2.24) is 9.80 Å². The summed E-state index contributed by atoms with van der Waals surface area (Å²) in [6.07, 6.45) is 14.0. The molecule has 0 aromatic heterocycles. The molecule has 0 aromatic carbocycles. The normalized spacial score (nSPS) is 28.4. The molecule has 0 bridgehead atoms. The highest BCUT2D eigenvalue weighted by Crippen LogP contribution is 2.49. The number of carbonyl (C=O) groups is 3. The van der Waals surface area contributed by atoms with Crippen LogP contribution >= 0.6 is 11.8 Å². The Bertz CT molecular complexity index is 817. The van der Waals surface area contributed by atoms with Crippen LogP contribution in [0.4, 0.5) is 0 Å². The molecule has 2 heterocycles. The number of likely N-dealkylation sites (tertiary alicyclic amines) is 1. The molecule has 6 nitrogen and oxygen atoms in total. The van der Waals surface area contributed by atoms with Crippen LogP contribution < -0.4 is 0 Å². The number of nitrogens with zero attached hydrogens (tertiary/aromatic N) is 2. The molecule has 2 fully saturated rings. The highest BCUT2D eigenvalue weighted by molar-refractivity contribution is 7.99. The SMILES string of the molecule is COC(=O)[C@]12CCCCC=C1N(CCC1=CCCCC1)C(=O)[C@H](CC(=O)N1CCSCC1)C2. The van der Waals surface area contributed by atoms with Gasteiger partial charge in [0.2, 0.25) is 11.8 Å². The number of methoxy groups -OCH3 is 1. The lowest BCUT2D eigenvalue weighted by Gasteiger charge is -2.46. The fourth-order valence-electron chi connectivity index (χ4n) is 5.97. The van der Waals surface area contributed by atoms with Crippen LogP contribution in [0, 0.1) is 11.3 Å². The molecule has 0 spiro atoms. The van der Waals surface area contributed by atoms with Gasteiger partial charge in [-0.15, -0.1) is 0 Å². The molecule has 7 heteroatoms. The van der Waals surface area contributed by atoms with E-state index in [2.05, 4.69) is 12.2 Å². The molecule has 2 saturated heterocycles. The third-order valence-electron chi connectivity index (χ3n) is 7.79. The number of ether oxygens (including phenoxy) is 1. The fourth-order valence-corrected chi connectivity index (χ4v) is 6.87. The van der Waals surface area contributed by atoms with Crippen LogP contribution in [0.15, 0.2) is 23.4 Å². The fraction of sp³-hybridized carbons (Fsp3) is 0.731. The number of rotatable bonds is 6. The predicted octanol–water partition coefficient (Wildman–Crippen LogP) is 4.31. The molecule has 2 aliphatic carbocycles. The molecule has 2 aliphatic heterocycles. The van der Waals surface area contributed by atoms with Gasteiger partial charge in [-0.25, -0.2) is 0 Å². The number of amides is 2.